The fraction of sp³-hybridized carbons (Fsp3) is 0.556. The highest BCUT2D eigenvalue weighted by atomic mass is 16.5. The minimum Gasteiger partial charge on any atom is -0.394 e. The van der Waals surface area contributed by atoms with E-state index >= 15 is 0 Å². The van der Waals surface area contributed by atoms with E-state index in [4.69, 9.17) is 9.63 Å². The second-order valence-electron chi connectivity index (χ2n) is 3.82. The van der Waals surface area contributed by atoms with Crippen LogP contribution in [0.3, 0.4) is 0 Å². The maximum absolute atomic E-state index is 11.5. The van der Waals surface area contributed by atoms with Crippen molar-refractivity contribution >= 4 is 5.91 Å². The molecule has 1 aromatic heterocycles. The Morgan fingerprint density at radius 2 is 2.36 bits per heavy atom. The van der Waals surface area contributed by atoms with Crippen LogP contribution in [0, 0.1) is 6.92 Å². The molecule has 0 aliphatic rings. The first kappa shape index (κ1) is 10.7. The van der Waals surface area contributed by atoms with Crippen molar-refractivity contribution < 1.29 is 14.4 Å². The topological polar surface area (TPSA) is 75.4 Å². The van der Waals surface area contributed by atoms with Crippen molar-refractivity contribution in [3.05, 3.63) is 17.5 Å². The lowest BCUT2D eigenvalue weighted by Crippen LogP contribution is -2.46. The number of hydrogen-bond donors (Lipinski definition) is 2. The molecule has 0 radical (unpaired) electrons. The molecule has 0 atom stereocenters. The summed E-state index contributed by atoms with van der Waals surface area (Å²) >= 11 is 0. The number of aliphatic hydroxyl groups is 1. The minimum atomic E-state index is -0.649. The summed E-state index contributed by atoms with van der Waals surface area (Å²) in [5.74, 6) is 0.234. The fourth-order valence-corrected chi connectivity index (χ4v) is 0.884. The van der Waals surface area contributed by atoms with Crippen LogP contribution in [0.4, 0.5) is 0 Å². The van der Waals surface area contributed by atoms with Crippen LogP contribution < -0.4 is 5.32 Å². The van der Waals surface area contributed by atoms with Crippen molar-refractivity contribution in [3.63, 3.8) is 0 Å². The number of amides is 1. The van der Waals surface area contributed by atoms with Crippen LogP contribution in [-0.4, -0.2) is 28.3 Å². The van der Waals surface area contributed by atoms with E-state index in [1.54, 1.807) is 26.8 Å². The number of aryl methyl sites for hydroxylation is 1. The van der Waals surface area contributed by atoms with Crippen LogP contribution in [-0.2, 0) is 0 Å². The molecule has 2 N–H and O–H groups in total. The lowest BCUT2D eigenvalue weighted by atomic mass is 10.1. The van der Waals surface area contributed by atoms with Gasteiger partial charge in [-0.05, 0) is 20.8 Å². The van der Waals surface area contributed by atoms with Gasteiger partial charge in [0.05, 0.1) is 12.1 Å². The Kier molecular flexibility index (Phi) is 2.90. The number of carbonyl (C=O) groups is 1. The third-order valence-electron chi connectivity index (χ3n) is 1.71. The molecular formula is C9H14N2O3. The predicted molar refractivity (Wildman–Crippen MR) is 49.9 cm³/mol. The zero-order valence-corrected chi connectivity index (χ0v) is 8.50. The molecule has 0 spiro atoms. The summed E-state index contributed by atoms with van der Waals surface area (Å²) < 4.78 is 4.76. The molecule has 0 aliphatic heterocycles. The minimum absolute atomic E-state index is 0.129. The number of hydrogen-bond acceptors (Lipinski definition) is 4. The van der Waals surface area contributed by atoms with E-state index in [1.165, 1.54) is 0 Å². The Morgan fingerprint density at radius 1 is 1.71 bits per heavy atom. The van der Waals surface area contributed by atoms with Crippen LogP contribution in [0.2, 0.25) is 0 Å². The third kappa shape index (κ3) is 2.56. The van der Waals surface area contributed by atoms with Gasteiger partial charge in [-0.25, -0.2) is 0 Å². The van der Waals surface area contributed by atoms with Gasteiger partial charge in [-0.2, -0.15) is 0 Å². The summed E-state index contributed by atoms with van der Waals surface area (Å²) in [5.41, 5.74) is -0.423. The first-order valence-electron chi connectivity index (χ1n) is 4.31. The molecule has 0 aromatic carbocycles. The summed E-state index contributed by atoms with van der Waals surface area (Å²) in [6.45, 7) is 5.02. The Bertz CT molecular complexity index is 331. The van der Waals surface area contributed by atoms with Crippen LogP contribution in [0.15, 0.2) is 10.6 Å². The molecule has 0 bridgehead atoms. The number of carbonyl (C=O) groups excluding carboxylic acids is 1. The zero-order chi connectivity index (χ0) is 10.8. The van der Waals surface area contributed by atoms with E-state index in [-0.39, 0.29) is 18.2 Å². The Balaban J connectivity index is 2.68. The van der Waals surface area contributed by atoms with Crippen molar-refractivity contribution in [2.24, 2.45) is 0 Å². The van der Waals surface area contributed by atoms with Gasteiger partial charge in [-0.3, -0.25) is 4.79 Å². The monoisotopic (exact) mass is 198 g/mol. The van der Waals surface area contributed by atoms with E-state index in [0.717, 1.165) is 0 Å². The number of nitrogens with one attached hydrogen (secondary N) is 1. The van der Waals surface area contributed by atoms with Gasteiger partial charge in [0.2, 0.25) is 0 Å². The Morgan fingerprint density at radius 3 is 2.79 bits per heavy atom. The van der Waals surface area contributed by atoms with Crippen LogP contribution in [0.25, 0.3) is 0 Å². The normalized spacial score (nSPS) is 11.4. The number of rotatable bonds is 3. The van der Waals surface area contributed by atoms with Crippen LogP contribution in [0.1, 0.15) is 30.1 Å². The van der Waals surface area contributed by atoms with E-state index in [9.17, 15) is 4.79 Å². The number of nitrogens with zero attached hydrogens (tertiary/aromatic N) is 1. The average Bonchev–Trinajstić information content (AvgIpc) is 2.51. The van der Waals surface area contributed by atoms with Gasteiger partial charge in [0, 0.05) is 6.07 Å². The first-order valence-corrected chi connectivity index (χ1v) is 4.31. The van der Waals surface area contributed by atoms with Gasteiger partial charge in [0.25, 0.3) is 5.91 Å². The third-order valence-corrected chi connectivity index (χ3v) is 1.71. The summed E-state index contributed by atoms with van der Waals surface area (Å²) in [6.07, 6.45) is 0. The quantitative estimate of drug-likeness (QED) is 0.740. The van der Waals surface area contributed by atoms with E-state index in [1.807, 2.05) is 0 Å². The molecular weight excluding hydrogens is 184 g/mol. The highest BCUT2D eigenvalue weighted by Crippen LogP contribution is 2.05. The van der Waals surface area contributed by atoms with Crippen LogP contribution >= 0.6 is 0 Å². The van der Waals surface area contributed by atoms with Crippen molar-refractivity contribution in [1.29, 1.82) is 0 Å². The Hall–Kier alpha value is -1.36. The highest BCUT2D eigenvalue weighted by molar-refractivity contribution is 5.92. The largest absolute Gasteiger partial charge is 0.394 e. The van der Waals surface area contributed by atoms with Crippen molar-refractivity contribution in [2.45, 2.75) is 26.3 Å². The molecule has 0 saturated carbocycles. The smallest absolute Gasteiger partial charge is 0.273 e. The Labute approximate surface area is 82.1 Å². The fourth-order valence-electron chi connectivity index (χ4n) is 0.884. The van der Waals surface area contributed by atoms with E-state index in [0.29, 0.717) is 5.76 Å². The molecule has 14 heavy (non-hydrogen) atoms. The SMILES string of the molecule is Cc1cc(C(=O)NC(C)(C)CO)no1. The molecule has 5 heteroatoms. The lowest BCUT2D eigenvalue weighted by molar-refractivity contribution is 0.0860. The second-order valence-corrected chi connectivity index (χ2v) is 3.82. The average molecular weight is 198 g/mol. The van der Waals surface area contributed by atoms with Crippen molar-refractivity contribution in [3.8, 4) is 0 Å². The molecule has 78 valence electrons. The first-order chi connectivity index (χ1) is 6.44. The lowest BCUT2D eigenvalue weighted by Gasteiger charge is -2.22. The molecule has 1 heterocycles. The predicted octanol–water partition coefficient (Wildman–Crippen LogP) is 0.484. The number of aliphatic hydroxyl groups excluding tert-OH is 1. The van der Waals surface area contributed by atoms with Gasteiger partial charge in [-0.1, -0.05) is 5.16 Å². The van der Waals surface area contributed by atoms with Gasteiger partial charge < -0.3 is 14.9 Å². The van der Waals surface area contributed by atoms with Gasteiger partial charge in [0.15, 0.2) is 5.69 Å². The molecule has 1 rings (SSSR count). The maximum Gasteiger partial charge on any atom is 0.273 e. The summed E-state index contributed by atoms with van der Waals surface area (Å²) in [5, 5.41) is 15.1. The maximum atomic E-state index is 11.5. The molecule has 0 fully saturated rings. The van der Waals surface area contributed by atoms with Crippen LogP contribution in [0.5, 0.6) is 0 Å². The van der Waals surface area contributed by atoms with Crippen molar-refractivity contribution in [2.75, 3.05) is 6.61 Å². The molecule has 0 saturated heterocycles. The van der Waals surface area contributed by atoms with Gasteiger partial charge >= 0.3 is 0 Å². The molecule has 1 aromatic rings. The summed E-state index contributed by atoms with van der Waals surface area (Å²) in [4.78, 5) is 11.5. The molecule has 1 amide bonds. The zero-order valence-electron chi connectivity index (χ0n) is 8.50. The second kappa shape index (κ2) is 3.79. The summed E-state index contributed by atoms with van der Waals surface area (Å²) in [6, 6.07) is 1.54. The van der Waals surface area contributed by atoms with Crippen molar-refractivity contribution in [1.82, 2.24) is 10.5 Å². The summed E-state index contributed by atoms with van der Waals surface area (Å²) in [7, 11) is 0. The van der Waals surface area contributed by atoms with Gasteiger partial charge in [-0.15, -0.1) is 0 Å². The number of aromatic nitrogens is 1. The van der Waals surface area contributed by atoms with Gasteiger partial charge in [0.1, 0.15) is 5.76 Å². The molecule has 0 unspecified atom stereocenters. The van der Waals surface area contributed by atoms with E-state index < -0.39 is 5.54 Å². The van der Waals surface area contributed by atoms with E-state index in [2.05, 4.69) is 10.5 Å². The molecule has 5 nitrogen and oxygen atoms in total. The highest BCUT2D eigenvalue weighted by Gasteiger charge is 2.21. The molecule has 0 aliphatic carbocycles. The standard InChI is InChI=1S/C9H14N2O3/c1-6-4-7(11-14-6)8(13)10-9(2,3)5-12/h4,12H,5H2,1-3H3,(H,10,13).